The second-order valence-electron chi connectivity index (χ2n) is 18.3. The van der Waals surface area contributed by atoms with Gasteiger partial charge in [0.1, 0.15) is 42.7 Å². The van der Waals surface area contributed by atoms with Gasteiger partial charge >= 0.3 is 13.8 Å². The molecule has 0 amide bonds. The van der Waals surface area contributed by atoms with Gasteiger partial charge in [-0.2, -0.15) is 0 Å². The van der Waals surface area contributed by atoms with Crippen LogP contribution in [0, 0.1) is 0 Å². The molecule has 1 fully saturated rings. The Kier molecular flexibility index (Phi) is 44.0. The van der Waals surface area contributed by atoms with Crippen LogP contribution in [0.4, 0.5) is 0 Å². The maximum atomic E-state index is 12.9. The quantitative estimate of drug-likeness (QED) is 0.0147. The van der Waals surface area contributed by atoms with E-state index in [1.807, 2.05) is 0 Å². The number of carbonyl (C=O) groups excluding carboxylic acids is 1. The number of aliphatic hydroxyl groups is 5. The average Bonchev–Trinajstić information content (AvgIpc) is 3.37. The van der Waals surface area contributed by atoms with Gasteiger partial charge in [-0.15, -0.1) is 0 Å². The van der Waals surface area contributed by atoms with E-state index >= 15 is 0 Å². The predicted molar refractivity (Wildman–Crippen MR) is 294 cm³/mol. The Labute approximate surface area is 435 Å². The van der Waals surface area contributed by atoms with Gasteiger partial charge in [0.05, 0.1) is 13.2 Å². The number of rotatable bonds is 45. The highest BCUT2D eigenvalue weighted by Gasteiger charge is 2.51. The molecule has 410 valence electrons. The zero-order valence-electron chi connectivity index (χ0n) is 44.2. The summed E-state index contributed by atoms with van der Waals surface area (Å²) in [7, 11) is -5.04. The van der Waals surface area contributed by atoms with E-state index in [1.165, 1.54) is 19.3 Å². The molecular weight excluding hydrogens is 932 g/mol. The van der Waals surface area contributed by atoms with Gasteiger partial charge in [-0.3, -0.25) is 13.8 Å². The number of phosphoric acid groups is 1. The van der Waals surface area contributed by atoms with Crippen molar-refractivity contribution >= 4 is 13.8 Å². The zero-order chi connectivity index (χ0) is 52.6. The fraction of sp³-hybridized carbons (Fsp3) is 0.644. The number of aliphatic hydroxyl groups excluding tert-OH is 5. The lowest BCUT2D eigenvalue weighted by Crippen LogP contribution is -2.64. The van der Waals surface area contributed by atoms with Crippen LogP contribution in [0.1, 0.15) is 181 Å². The topological polar surface area (TPSA) is 192 Å². The minimum atomic E-state index is -5.04. The third-order valence-corrected chi connectivity index (χ3v) is 12.8. The summed E-state index contributed by atoms with van der Waals surface area (Å²) >= 11 is 0. The van der Waals surface area contributed by atoms with E-state index in [9.17, 15) is 39.8 Å². The molecule has 72 heavy (non-hydrogen) atoms. The van der Waals surface area contributed by atoms with Crippen molar-refractivity contribution in [2.45, 2.75) is 224 Å². The average molecular weight is 1030 g/mol. The van der Waals surface area contributed by atoms with E-state index in [2.05, 4.69) is 135 Å². The van der Waals surface area contributed by atoms with E-state index in [-0.39, 0.29) is 13.0 Å². The van der Waals surface area contributed by atoms with Crippen molar-refractivity contribution in [3.05, 3.63) is 122 Å². The molecule has 0 aliphatic heterocycles. The molecule has 0 spiro atoms. The van der Waals surface area contributed by atoms with Crippen LogP contribution in [-0.2, 0) is 27.9 Å². The lowest BCUT2D eigenvalue weighted by atomic mass is 9.85. The number of phosphoric ester groups is 1. The van der Waals surface area contributed by atoms with Crippen molar-refractivity contribution in [2.24, 2.45) is 0 Å². The first-order valence-electron chi connectivity index (χ1n) is 27.4. The standard InChI is InChI=1S/C59H97O12P/c1-3-5-7-9-11-13-15-17-19-21-23-25-26-27-29-31-33-35-37-39-41-43-45-47-49-68-50-52(51-69-72(66,67)71-59-57(64)55(62)54(61)56(63)58(59)65)70-53(60)48-46-44-42-40-38-36-34-32-30-28-24-22-20-18-16-14-12-10-8-6-4-2/h5-8,11-14,17-20,23-25,27-29,33,35,52,54-59,61-65H,3-4,9-10,15-16,21-22,26,30-32,34,36-51H2,1-2H3,(H,66,67)/b7-5-,8-6-,13-11-,14-12-,19-17-,20-18-,25-23-,28-24-,29-27-,35-33-. The third kappa shape index (κ3) is 38.3. The number of esters is 1. The van der Waals surface area contributed by atoms with E-state index in [1.54, 1.807) is 0 Å². The number of allylic oxidation sites excluding steroid dienone is 20. The van der Waals surface area contributed by atoms with Gasteiger partial charge in [0.25, 0.3) is 0 Å². The second-order valence-corrected chi connectivity index (χ2v) is 19.7. The summed E-state index contributed by atoms with van der Waals surface area (Å²) in [4.78, 5) is 23.3. The van der Waals surface area contributed by atoms with Gasteiger partial charge in [-0.25, -0.2) is 4.57 Å². The molecular formula is C59H97O12P. The molecule has 0 heterocycles. The second kappa shape index (κ2) is 47.5. The Morgan fingerprint density at radius 1 is 0.444 bits per heavy atom. The maximum Gasteiger partial charge on any atom is 0.472 e. The molecule has 1 rings (SSSR count). The molecule has 1 aliphatic carbocycles. The molecule has 1 aliphatic rings. The highest BCUT2D eigenvalue weighted by molar-refractivity contribution is 7.47. The lowest BCUT2D eigenvalue weighted by Gasteiger charge is -2.41. The van der Waals surface area contributed by atoms with E-state index in [0.29, 0.717) is 13.0 Å². The van der Waals surface area contributed by atoms with Crippen LogP contribution in [0.5, 0.6) is 0 Å². The van der Waals surface area contributed by atoms with E-state index in [0.717, 1.165) is 135 Å². The summed E-state index contributed by atoms with van der Waals surface area (Å²) < 4.78 is 34.3. The molecule has 0 aromatic rings. The normalized spacial score (nSPS) is 21.6. The highest BCUT2D eigenvalue weighted by Crippen LogP contribution is 2.47. The van der Waals surface area contributed by atoms with Crippen molar-refractivity contribution in [1.82, 2.24) is 0 Å². The van der Waals surface area contributed by atoms with Gasteiger partial charge in [-0.1, -0.05) is 193 Å². The molecule has 12 nitrogen and oxygen atoms in total. The Morgan fingerprint density at radius 2 is 0.778 bits per heavy atom. The van der Waals surface area contributed by atoms with E-state index < -0.39 is 63.1 Å². The number of hydrogen-bond donors (Lipinski definition) is 6. The molecule has 0 aromatic heterocycles. The fourth-order valence-corrected chi connectivity index (χ4v) is 8.56. The fourth-order valence-electron chi connectivity index (χ4n) is 7.58. The third-order valence-electron chi connectivity index (χ3n) is 11.8. The summed E-state index contributed by atoms with van der Waals surface area (Å²) in [6.07, 6.45) is 56.8. The molecule has 6 N–H and O–H groups in total. The first-order valence-corrected chi connectivity index (χ1v) is 28.9. The number of unbranched alkanes of at least 4 members (excludes halogenated alkanes) is 13. The van der Waals surface area contributed by atoms with Gasteiger partial charge in [-0.05, 0) is 103 Å². The Hall–Kier alpha value is -3.26. The first kappa shape index (κ1) is 66.8. The number of hydrogen-bond acceptors (Lipinski definition) is 11. The van der Waals surface area contributed by atoms with Crippen molar-refractivity contribution in [3.8, 4) is 0 Å². The summed E-state index contributed by atoms with van der Waals surface area (Å²) in [6, 6.07) is 0. The predicted octanol–water partition coefficient (Wildman–Crippen LogP) is 13.0. The van der Waals surface area contributed by atoms with Gasteiger partial charge in [0.15, 0.2) is 0 Å². The lowest BCUT2D eigenvalue weighted by molar-refractivity contribution is -0.220. The van der Waals surface area contributed by atoms with Crippen LogP contribution in [0.2, 0.25) is 0 Å². The van der Waals surface area contributed by atoms with Crippen LogP contribution in [0.25, 0.3) is 0 Å². The molecule has 0 aromatic carbocycles. The Balaban J connectivity index is 2.35. The SMILES string of the molecule is CC/C=C\C/C=C\C/C=C\C/C=C\C/C=C\C/C=C\CCCCCCCOCC(COP(=O)(O)OC1C(O)C(O)C(O)C(O)C1O)OC(=O)CCCCCCCCCC/C=C\C/C=C\C/C=C\C/C=C\CC. The number of ether oxygens (including phenoxy) is 2. The minimum Gasteiger partial charge on any atom is -0.457 e. The zero-order valence-corrected chi connectivity index (χ0v) is 45.1. The van der Waals surface area contributed by atoms with Crippen LogP contribution in [-0.4, -0.2) is 98.9 Å². The summed E-state index contributed by atoms with van der Waals surface area (Å²) in [5.74, 6) is -0.498. The largest absolute Gasteiger partial charge is 0.472 e. The highest BCUT2D eigenvalue weighted by atomic mass is 31.2. The van der Waals surface area contributed by atoms with Crippen molar-refractivity contribution in [1.29, 1.82) is 0 Å². The van der Waals surface area contributed by atoms with Crippen molar-refractivity contribution in [2.75, 3.05) is 19.8 Å². The van der Waals surface area contributed by atoms with Gasteiger partial charge in [0, 0.05) is 13.0 Å². The summed E-state index contributed by atoms with van der Waals surface area (Å²) in [5.41, 5.74) is 0. The van der Waals surface area contributed by atoms with E-state index in [4.69, 9.17) is 18.5 Å². The Morgan fingerprint density at radius 3 is 1.18 bits per heavy atom. The molecule has 0 bridgehead atoms. The summed E-state index contributed by atoms with van der Waals surface area (Å²) in [5, 5.41) is 50.4. The first-order chi connectivity index (χ1) is 35.0. The molecule has 13 heteroatoms. The Bertz CT molecular complexity index is 1650. The monoisotopic (exact) mass is 1030 g/mol. The maximum absolute atomic E-state index is 12.9. The molecule has 0 saturated heterocycles. The van der Waals surface area contributed by atoms with Crippen molar-refractivity contribution < 1.29 is 58.3 Å². The molecule has 6 unspecified atom stereocenters. The smallest absolute Gasteiger partial charge is 0.457 e. The van der Waals surface area contributed by atoms with Crippen LogP contribution in [0.15, 0.2) is 122 Å². The minimum absolute atomic E-state index is 0.102. The molecule has 6 atom stereocenters. The summed E-state index contributed by atoms with van der Waals surface area (Å²) in [6.45, 7) is 3.98. The van der Waals surface area contributed by atoms with Gasteiger partial charge in [0.2, 0.25) is 0 Å². The molecule has 1 saturated carbocycles. The van der Waals surface area contributed by atoms with Gasteiger partial charge < -0.3 is 39.9 Å². The number of carbonyl (C=O) groups is 1. The van der Waals surface area contributed by atoms with Crippen LogP contribution in [0.3, 0.4) is 0 Å². The van der Waals surface area contributed by atoms with Crippen molar-refractivity contribution in [3.63, 3.8) is 0 Å². The molecule has 0 radical (unpaired) electrons. The van der Waals surface area contributed by atoms with Crippen LogP contribution < -0.4 is 0 Å². The van der Waals surface area contributed by atoms with Crippen LogP contribution >= 0.6 is 7.82 Å².